The lowest BCUT2D eigenvalue weighted by molar-refractivity contribution is 0.0939. The Bertz CT molecular complexity index is 708. The van der Waals surface area contributed by atoms with Gasteiger partial charge in [0.25, 0.3) is 5.91 Å². The molecule has 2 aromatic rings. The summed E-state index contributed by atoms with van der Waals surface area (Å²) >= 11 is 0. The summed E-state index contributed by atoms with van der Waals surface area (Å²) in [4.78, 5) is 16.7. The molecule has 0 aliphatic heterocycles. The molecule has 1 atom stereocenters. The number of carbonyl (C=O) groups is 1. The Balaban J connectivity index is 1.87. The molecule has 1 amide bonds. The van der Waals surface area contributed by atoms with Crippen LogP contribution in [-0.4, -0.2) is 31.0 Å². The largest absolute Gasteiger partial charge is 0.469 e. The normalized spacial score (nSPS) is 12.5. The quantitative estimate of drug-likeness (QED) is 0.468. The first-order valence-corrected chi connectivity index (χ1v) is 9.56. The van der Waals surface area contributed by atoms with Crippen LogP contribution in [0, 0.1) is 0 Å². The van der Waals surface area contributed by atoms with Crippen molar-refractivity contribution in [1.29, 1.82) is 0 Å². The maximum Gasteiger partial charge on any atom is 0.251 e. The topological polar surface area (TPSA) is 78.7 Å². The zero-order chi connectivity index (χ0) is 19.5. The summed E-state index contributed by atoms with van der Waals surface area (Å²) in [6, 6.07) is 11.6. The summed E-state index contributed by atoms with van der Waals surface area (Å²) in [7, 11) is 0. The highest BCUT2D eigenvalue weighted by molar-refractivity contribution is 5.94. The number of benzene rings is 1. The van der Waals surface area contributed by atoms with Crippen LogP contribution in [0.25, 0.3) is 0 Å². The van der Waals surface area contributed by atoms with Crippen LogP contribution in [0.15, 0.2) is 52.1 Å². The van der Waals surface area contributed by atoms with E-state index in [2.05, 4.69) is 27.9 Å². The Kier molecular flexibility index (Phi) is 8.42. The van der Waals surface area contributed by atoms with Crippen LogP contribution >= 0.6 is 0 Å². The number of nitrogens with one attached hydrogen (secondary N) is 3. The third kappa shape index (κ3) is 7.17. The number of guanidine groups is 1. The van der Waals surface area contributed by atoms with Crippen molar-refractivity contribution in [3.63, 3.8) is 0 Å². The van der Waals surface area contributed by atoms with E-state index in [1.807, 2.05) is 50.2 Å². The average molecular weight is 370 g/mol. The van der Waals surface area contributed by atoms with Gasteiger partial charge in [-0.2, -0.15) is 0 Å². The van der Waals surface area contributed by atoms with E-state index in [0.29, 0.717) is 12.1 Å². The highest BCUT2D eigenvalue weighted by atomic mass is 16.3. The van der Waals surface area contributed by atoms with Crippen molar-refractivity contribution in [1.82, 2.24) is 16.0 Å². The fraction of sp³-hybridized carbons (Fsp3) is 0.429. The molecule has 3 N–H and O–H groups in total. The SMILES string of the molecule is CCNC(=NCc1ccc(C(=O)NC(C)CC)cc1)NCCc1ccco1. The van der Waals surface area contributed by atoms with Crippen molar-refractivity contribution >= 4 is 11.9 Å². The van der Waals surface area contributed by atoms with Crippen LogP contribution in [0.3, 0.4) is 0 Å². The number of carbonyl (C=O) groups excluding carboxylic acids is 1. The molecule has 0 saturated carbocycles. The molecule has 1 unspecified atom stereocenters. The summed E-state index contributed by atoms with van der Waals surface area (Å²) in [5, 5.41) is 9.51. The van der Waals surface area contributed by atoms with Gasteiger partial charge in [0.05, 0.1) is 12.8 Å². The molecule has 6 nitrogen and oxygen atoms in total. The molecular formula is C21H30N4O2. The predicted octanol–water partition coefficient (Wildman–Crippen LogP) is 3.11. The molecule has 27 heavy (non-hydrogen) atoms. The Morgan fingerprint density at radius 1 is 1.15 bits per heavy atom. The Morgan fingerprint density at radius 2 is 1.93 bits per heavy atom. The van der Waals surface area contributed by atoms with E-state index in [1.165, 1.54) is 0 Å². The van der Waals surface area contributed by atoms with Crippen molar-refractivity contribution in [2.75, 3.05) is 13.1 Å². The molecule has 0 saturated heterocycles. The number of hydrogen-bond acceptors (Lipinski definition) is 3. The molecule has 0 spiro atoms. The van der Waals surface area contributed by atoms with Crippen molar-refractivity contribution < 1.29 is 9.21 Å². The maximum absolute atomic E-state index is 12.1. The number of aliphatic imine (C=N–C) groups is 1. The van der Waals surface area contributed by atoms with E-state index in [1.54, 1.807) is 6.26 Å². The lowest BCUT2D eigenvalue weighted by atomic mass is 10.1. The monoisotopic (exact) mass is 370 g/mol. The van der Waals surface area contributed by atoms with Gasteiger partial charge in [-0.1, -0.05) is 19.1 Å². The van der Waals surface area contributed by atoms with Gasteiger partial charge in [0, 0.05) is 31.1 Å². The first-order chi connectivity index (χ1) is 13.1. The second kappa shape index (κ2) is 11.1. The van der Waals surface area contributed by atoms with Crippen molar-refractivity contribution in [3.05, 3.63) is 59.5 Å². The van der Waals surface area contributed by atoms with Crippen LogP contribution in [0.2, 0.25) is 0 Å². The van der Waals surface area contributed by atoms with Crippen molar-refractivity contribution in [2.24, 2.45) is 4.99 Å². The van der Waals surface area contributed by atoms with Gasteiger partial charge in [-0.05, 0) is 50.1 Å². The fourth-order valence-corrected chi connectivity index (χ4v) is 2.44. The molecule has 1 aromatic carbocycles. The first kappa shape index (κ1) is 20.6. The van der Waals surface area contributed by atoms with Gasteiger partial charge in [0.1, 0.15) is 5.76 Å². The van der Waals surface area contributed by atoms with Crippen molar-refractivity contribution in [2.45, 2.75) is 46.2 Å². The summed E-state index contributed by atoms with van der Waals surface area (Å²) < 4.78 is 5.33. The molecule has 0 aliphatic carbocycles. The maximum atomic E-state index is 12.1. The molecule has 0 bridgehead atoms. The molecule has 0 aliphatic rings. The third-order valence-corrected chi connectivity index (χ3v) is 4.21. The van der Waals surface area contributed by atoms with Crippen molar-refractivity contribution in [3.8, 4) is 0 Å². The minimum atomic E-state index is -0.0349. The number of hydrogen-bond donors (Lipinski definition) is 3. The second-order valence-corrected chi connectivity index (χ2v) is 6.43. The smallest absolute Gasteiger partial charge is 0.251 e. The highest BCUT2D eigenvalue weighted by Gasteiger charge is 2.08. The van der Waals surface area contributed by atoms with Gasteiger partial charge in [0.2, 0.25) is 0 Å². The molecule has 1 heterocycles. The first-order valence-electron chi connectivity index (χ1n) is 9.56. The number of nitrogens with zero attached hydrogens (tertiary/aromatic N) is 1. The summed E-state index contributed by atoms with van der Waals surface area (Å²) in [5.74, 6) is 1.68. The zero-order valence-corrected chi connectivity index (χ0v) is 16.4. The second-order valence-electron chi connectivity index (χ2n) is 6.43. The number of rotatable bonds is 9. The number of furan rings is 1. The molecule has 0 radical (unpaired) electrons. The van der Waals surface area contributed by atoms with Gasteiger partial charge in [0.15, 0.2) is 5.96 Å². The van der Waals surface area contributed by atoms with Gasteiger partial charge >= 0.3 is 0 Å². The molecule has 0 fully saturated rings. The minimum absolute atomic E-state index is 0.0349. The van der Waals surface area contributed by atoms with Crippen LogP contribution < -0.4 is 16.0 Å². The Morgan fingerprint density at radius 3 is 2.56 bits per heavy atom. The third-order valence-electron chi connectivity index (χ3n) is 4.21. The van der Waals surface area contributed by atoms with Crippen LogP contribution in [-0.2, 0) is 13.0 Å². The summed E-state index contributed by atoms with van der Waals surface area (Å²) in [5.41, 5.74) is 1.73. The van der Waals surface area contributed by atoms with Crippen LogP contribution in [0.5, 0.6) is 0 Å². The lowest BCUT2D eigenvalue weighted by Crippen LogP contribution is -2.38. The van der Waals surface area contributed by atoms with E-state index in [-0.39, 0.29) is 11.9 Å². The lowest BCUT2D eigenvalue weighted by Gasteiger charge is -2.12. The van der Waals surface area contributed by atoms with Crippen LogP contribution in [0.4, 0.5) is 0 Å². The molecule has 2 rings (SSSR count). The summed E-state index contributed by atoms with van der Waals surface area (Å²) in [6.45, 7) is 8.17. The molecule has 146 valence electrons. The van der Waals surface area contributed by atoms with Gasteiger partial charge < -0.3 is 20.4 Å². The van der Waals surface area contributed by atoms with E-state index in [9.17, 15) is 4.79 Å². The Hall–Kier alpha value is -2.76. The number of amides is 1. The molecular weight excluding hydrogens is 340 g/mol. The van der Waals surface area contributed by atoms with E-state index >= 15 is 0 Å². The minimum Gasteiger partial charge on any atom is -0.469 e. The summed E-state index contributed by atoms with van der Waals surface area (Å²) in [6.07, 6.45) is 3.40. The fourth-order valence-electron chi connectivity index (χ4n) is 2.44. The van der Waals surface area contributed by atoms with E-state index in [4.69, 9.17) is 4.42 Å². The van der Waals surface area contributed by atoms with Crippen LogP contribution in [0.1, 0.15) is 48.9 Å². The average Bonchev–Trinajstić information content (AvgIpc) is 3.19. The van der Waals surface area contributed by atoms with Gasteiger partial charge in [-0.25, -0.2) is 4.99 Å². The van der Waals surface area contributed by atoms with Gasteiger partial charge in [-0.15, -0.1) is 0 Å². The Labute approximate surface area is 161 Å². The molecule has 1 aromatic heterocycles. The van der Waals surface area contributed by atoms with Gasteiger partial charge in [-0.3, -0.25) is 4.79 Å². The predicted molar refractivity (Wildman–Crippen MR) is 109 cm³/mol. The standard InChI is InChI=1S/C21H30N4O2/c1-4-16(3)25-20(26)18-10-8-17(9-11-18)15-24-21(22-5-2)23-13-12-19-7-6-14-27-19/h6-11,14,16H,4-5,12-13,15H2,1-3H3,(H,25,26)(H2,22,23,24). The van der Waals surface area contributed by atoms with E-state index in [0.717, 1.165) is 43.2 Å². The molecule has 6 heteroatoms. The zero-order valence-electron chi connectivity index (χ0n) is 16.4. The highest BCUT2D eigenvalue weighted by Crippen LogP contribution is 2.07. The van der Waals surface area contributed by atoms with E-state index < -0.39 is 0 Å².